The number of nitrogens with two attached hydrogens (primary N) is 1. The molecule has 2 amide bonds. The monoisotopic (exact) mass is 682 g/mol. The summed E-state index contributed by atoms with van der Waals surface area (Å²) in [7, 11) is 1.72. The lowest BCUT2D eigenvalue weighted by Gasteiger charge is -2.54. The Morgan fingerprint density at radius 3 is 2.47 bits per heavy atom. The first-order valence-corrected chi connectivity index (χ1v) is 17.0. The molecule has 2 aromatic heterocycles. The summed E-state index contributed by atoms with van der Waals surface area (Å²) in [6.07, 6.45) is 0.808. The molecule has 3 N–H and O–H groups in total. The van der Waals surface area contributed by atoms with Crippen LogP contribution in [0.2, 0.25) is 0 Å². The number of nitrogen functional groups attached to an aromatic ring is 1. The summed E-state index contributed by atoms with van der Waals surface area (Å²) >= 11 is 9.82. The molecule has 6 rings (SSSR count). The molecule has 45 heavy (non-hydrogen) atoms. The zero-order chi connectivity index (χ0) is 31.6. The summed E-state index contributed by atoms with van der Waals surface area (Å²) in [4.78, 5) is 46.9. The third-order valence-corrected chi connectivity index (χ3v) is 11.5. The molecule has 2 aliphatic rings. The summed E-state index contributed by atoms with van der Waals surface area (Å²) in [5.41, 5.74) is 7.59. The van der Waals surface area contributed by atoms with E-state index < -0.39 is 29.4 Å². The van der Waals surface area contributed by atoms with Gasteiger partial charge >= 0.3 is 5.97 Å². The zero-order valence-corrected chi connectivity index (χ0v) is 27.0. The molecule has 4 heterocycles. The van der Waals surface area contributed by atoms with Crippen molar-refractivity contribution in [3.8, 4) is 0 Å². The number of carbonyl (C=O) groups excluding carboxylic acids is 3. The highest BCUT2D eigenvalue weighted by Gasteiger charge is 2.58. The minimum absolute atomic E-state index is 0.104. The van der Waals surface area contributed by atoms with E-state index >= 15 is 0 Å². The number of halogens is 1. The number of aromatic nitrogens is 5. The summed E-state index contributed by atoms with van der Waals surface area (Å²) < 4.78 is 7.85. The first kappa shape index (κ1) is 31.1. The number of anilines is 1. The highest BCUT2D eigenvalue weighted by Crippen LogP contribution is 2.46. The fraction of sp³-hybridized carbons (Fsp3) is 0.276. The molecular formula is C29H27ClN8O4S3. The number of amides is 2. The van der Waals surface area contributed by atoms with Gasteiger partial charge in [-0.05, 0) is 21.6 Å². The topological polar surface area (TPSA) is 158 Å². The fourth-order valence-electron chi connectivity index (χ4n) is 5.11. The van der Waals surface area contributed by atoms with Crippen LogP contribution in [0.4, 0.5) is 5.13 Å². The summed E-state index contributed by atoms with van der Waals surface area (Å²) in [6, 6.07) is 18.3. The molecule has 4 aromatic rings. The van der Waals surface area contributed by atoms with E-state index in [9.17, 15) is 14.4 Å². The lowest BCUT2D eigenvalue weighted by molar-refractivity contribution is -0.164. The number of aryl methyl sites for hydroxylation is 1. The van der Waals surface area contributed by atoms with Crippen LogP contribution in [0.1, 0.15) is 22.1 Å². The molecule has 2 unspecified atom stereocenters. The maximum Gasteiger partial charge on any atom is 0.316 e. The van der Waals surface area contributed by atoms with Crippen LogP contribution in [0, 0.1) is 5.41 Å². The van der Waals surface area contributed by atoms with Gasteiger partial charge < -0.3 is 20.7 Å². The lowest BCUT2D eigenvalue weighted by atomic mass is 9.88. The maximum atomic E-state index is 14.3. The quantitative estimate of drug-likeness (QED) is 0.109. The third kappa shape index (κ3) is 6.30. The number of β-lactam (4-membered cyclic amide) rings is 1. The van der Waals surface area contributed by atoms with Crippen LogP contribution >= 0.6 is 46.5 Å². The van der Waals surface area contributed by atoms with Gasteiger partial charge in [-0.3, -0.25) is 14.4 Å². The Kier molecular flexibility index (Phi) is 9.12. The third-order valence-electron chi connectivity index (χ3n) is 7.50. The Hall–Kier alpha value is -3.92. The molecule has 0 aliphatic carbocycles. The number of thioether (sulfide) groups is 2. The number of hydrogen-bond donors (Lipinski definition) is 2. The predicted octanol–water partition coefficient (Wildman–Crippen LogP) is 3.34. The predicted molar refractivity (Wildman–Crippen MR) is 173 cm³/mol. The van der Waals surface area contributed by atoms with E-state index in [0.29, 0.717) is 20.9 Å². The van der Waals surface area contributed by atoms with Gasteiger partial charge in [0.05, 0.1) is 10.5 Å². The van der Waals surface area contributed by atoms with Crippen molar-refractivity contribution in [1.82, 2.24) is 35.4 Å². The van der Waals surface area contributed by atoms with Crippen molar-refractivity contribution in [2.45, 2.75) is 22.7 Å². The molecule has 0 bridgehead atoms. The van der Waals surface area contributed by atoms with Crippen molar-refractivity contribution in [2.24, 2.45) is 12.5 Å². The molecule has 2 saturated heterocycles. The molecule has 0 radical (unpaired) electrons. The van der Waals surface area contributed by atoms with E-state index in [2.05, 4.69) is 25.8 Å². The van der Waals surface area contributed by atoms with Gasteiger partial charge in [0.25, 0.3) is 5.91 Å². The van der Waals surface area contributed by atoms with Gasteiger partial charge in [0.1, 0.15) is 16.8 Å². The van der Waals surface area contributed by atoms with Crippen molar-refractivity contribution in [3.63, 3.8) is 0 Å². The van der Waals surface area contributed by atoms with Crippen molar-refractivity contribution in [2.75, 3.05) is 23.8 Å². The number of rotatable bonds is 10. The van der Waals surface area contributed by atoms with Crippen LogP contribution in [-0.4, -0.2) is 77.3 Å². The van der Waals surface area contributed by atoms with E-state index in [1.807, 2.05) is 60.7 Å². The van der Waals surface area contributed by atoms with Crippen LogP contribution in [-0.2, 0) is 26.2 Å². The second kappa shape index (κ2) is 13.2. The number of hydrogen-bond acceptors (Lipinski definition) is 12. The van der Waals surface area contributed by atoms with Crippen LogP contribution in [0.5, 0.6) is 0 Å². The van der Waals surface area contributed by atoms with Gasteiger partial charge in [0.2, 0.25) is 11.1 Å². The van der Waals surface area contributed by atoms with E-state index in [-0.39, 0.29) is 29.2 Å². The molecule has 16 heteroatoms. The molecule has 3 atom stereocenters. The van der Waals surface area contributed by atoms with Gasteiger partial charge in [-0.2, -0.15) is 0 Å². The molecule has 0 spiro atoms. The Balaban J connectivity index is 1.23. The number of fused-ring (bicyclic) bond motifs is 1. The molecule has 2 aromatic carbocycles. The molecule has 0 saturated carbocycles. The second-order valence-corrected chi connectivity index (χ2v) is 13.8. The highest BCUT2D eigenvalue weighted by atomic mass is 35.5. The highest BCUT2D eigenvalue weighted by molar-refractivity contribution is 8.00. The number of nitrogens with zero attached hydrogens (tertiary/aromatic N) is 6. The molecule has 12 nitrogen and oxygen atoms in total. The zero-order valence-electron chi connectivity index (χ0n) is 23.8. The largest absolute Gasteiger partial charge is 0.452 e. The smallest absolute Gasteiger partial charge is 0.316 e. The second-order valence-electron chi connectivity index (χ2n) is 10.5. The van der Waals surface area contributed by atoms with E-state index in [1.165, 1.54) is 34.4 Å². The van der Waals surface area contributed by atoms with Crippen molar-refractivity contribution in [1.29, 1.82) is 0 Å². The number of ether oxygens (including phenoxy) is 1. The van der Waals surface area contributed by atoms with Gasteiger partial charge in [-0.25, -0.2) is 9.67 Å². The van der Waals surface area contributed by atoms with Gasteiger partial charge in [0.15, 0.2) is 11.2 Å². The molecule has 2 aliphatic heterocycles. The number of esters is 1. The average molecular weight is 683 g/mol. The first-order chi connectivity index (χ1) is 21.8. The number of tetrazole rings is 1. The lowest BCUT2D eigenvalue weighted by Crippen LogP contribution is -2.74. The summed E-state index contributed by atoms with van der Waals surface area (Å²) in [5.74, 6) is -0.650. The van der Waals surface area contributed by atoms with Crippen molar-refractivity contribution >= 4 is 74.9 Å². The Morgan fingerprint density at radius 1 is 1.20 bits per heavy atom. The SMILES string of the molecule is Cn1nnnc1SCC1(C(=O)OC(c2ccccc2)c2ccccc2)CS[C@@H]2C(NC(=O)C(=CCl)c3cnc(N)s3)C(=O)N2C1. The molecule has 2 fully saturated rings. The van der Waals surface area contributed by atoms with Crippen LogP contribution < -0.4 is 11.1 Å². The average Bonchev–Trinajstić information content (AvgIpc) is 3.69. The minimum Gasteiger partial charge on any atom is -0.452 e. The van der Waals surface area contributed by atoms with E-state index in [4.69, 9.17) is 22.1 Å². The fourth-order valence-corrected chi connectivity index (χ4v) is 8.78. The number of thiazole rings is 1. The van der Waals surface area contributed by atoms with Crippen LogP contribution in [0.25, 0.3) is 5.57 Å². The van der Waals surface area contributed by atoms with Crippen molar-refractivity contribution in [3.05, 3.63) is 88.4 Å². The van der Waals surface area contributed by atoms with Crippen molar-refractivity contribution < 1.29 is 19.1 Å². The summed E-state index contributed by atoms with van der Waals surface area (Å²) in [5, 5.41) is 14.9. The summed E-state index contributed by atoms with van der Waals surface area (Å²) in [6.45, 7) is 0.104. The Labute approximate surface area is 275 Å². The normalized spacial score (nSPS) is 21.3. The van der Waals surface area contributed by atoms with Crippen LogP contribution in [0.3, 0.4) is 0 Å². The van der Waals surface area contributed by atoms with E-state index in [0.717, 1.165) is 28.0 Å². The Morgan fingerprint density at radius 2 is 1.89 bits per heavy atom. The maximum absolute atomic E-state index is 14.3. The van der Waals surface area contributed by atoms with Gasteiger partial charge in [-0.1, -0.05) is 95.4 Å². The molecule has 232 valence electrons. The van der Waals surface area contributed by atoms with Crippen LogP contribution in [0.15, 0.2) is 77.6 Å². The standard InChI is InChI=1S/C29H27ClN8O4S3/c1-37-28(34-35-36-37)44-16-29(26(41)42-22(17-8-4-2-5-9-17)18-10-6-3-7-11-18)14-38-24(40)21(25(38)43-15-29)33-23(39)19(12-30)20-13-32-27(31)45-20/h2-13,21-22,25H,14-16H2,1H3,(H2,31,32)(H,33,39)/t21?,25-,29?/m1/s1. The van der Waals surface area contributed by atoms with Gasteiger partial charge in [-0.15, -0.1) is 16.9 Å². The van der Waals surface area contributed by atoms with Gasteiger partial charge in [0, 0.05) is 36.8 Å². The first-order valence-electron chi connectivity index (χ1n) is 13.7. The minimum atomic E-state index is -1.09. The van der Waals surface area contributed by atoms with E-state index in [1.54, 1.807) is 11.9 Å². The Bertz CT molecular complexity index is 1700. The molecular weight excluding hydrogens is 656 g/mol. The number of benzene rings is 2. The number of nitrogens with one attached hydrogen (secondary N) is 1. The number of carbonyl (C=O) groups is 3.